The van der Waals surface area contributed by atoms with E-state index >= 15 is 0 Å². The summed E-state index contributed by atoms with van der Waals surface area (Å²) in [6, 6.07) is 63.1. The number of nitrogens with zero attached hydrogens (tertiary/aromatic N) is 3. The number of para-hydroxylation sites is 2. The Labute approximate surface area is 326 Å². The van der Waals surface area contributed by atoms with Crippen molar-refractivity contribution in [2.75, 3.05) is 0 Å². The van der Waals surface area contributed by atoms with Crippen molar-refractivity contribution < 1.29 is 8.83 Å². The molecule has 57 heavy (non-hydrogen) atoms. The highest BCUT2D eigenvalue weighted by Crippen LogP contribution is 2.43. The lowest BCUT2D eigenvalue weighted by atomic mass is 10.0. The molecule has 268 valence electrons. The summed E-state index contributed by atoms with van der Waals surface area (Å²) >= 11 is 0. The van der Waals surface area contributed by atoms with Gasteiger partial charge in [-0.1, -0.05) is 127 Å². The van der Waals surface area contributed by atoms with Crippen LogP contribution in [0.4, 0.5) is 0 Å². The van der Waals surface area contributed by atoms with Crippen LogP contribution in [0.1, 0.15) is 22.9 Å². The molecule has 0 saturated carbocycles. The van der Waals surface area contributed by atoms with Gasteiger partial charge in [0.15, 0.2) is 5.84 Å². The summed E-state index contributed by atoms with van der Waals surface area (Å²) in [6.45, 7) is 0. The van der Waals surface area contributed by atoms with Crippen LogP contribution in [0.5, 0.6) is 0 Å². The van der Waals surface area contributed by atoms with E-state index in [-0.39, 0.29) is 6.17 Å². The second-order valence-electron chi connectivity index (χ2n) is 14.6. The molecule has 12 rings (SSSR count). The fourth-order valence-corrected chi connectivity index (χ4v) is 8.63. The Bertz CT molecular complexity index is 3440. The average Bonchev–Trinajstić information content (AvgIpc) is 3.96. The third-order valence-corrected chi connectivity index (χ3v) is 11.3. The van der Waals surface area contributed by atoms with Crippen LogP contribution in [0.25, 0.3) is 82.5 Å². The van der Waals surface area contributed by atoms with E-state index in [1.54, 1.807) is 0 Å². The van der Waals surface area contributed by atoms with Crippen molar-refractivity contribution in [1.29, 1.82) is 0 Å². The molecule has 0 amide bonds. The molecule has 8 aromatic carbocycles. The monoisotopic (exact) mass is 732 g/mol. The number of amidine groups is 2. The van der Waals surface area contributed by atoms with Gasteiger partial charge in [0.25, 0.3) is 0 Å². The largest absolute Gasteiger partial charge is 0.456 e. The van der Waals surface area contributed by atoms with Crippen molar-refractivity contribution >= 4 is 77.4 Å². The fourth-order valence-electron chi connectivity index (χ4n) is 8.63. The molecule has 4 heterocycles. The van der Waals surface area contributed by atoms with Gasteiger partial charge >= 0.3 is 0 Å². The van der Waals surface area contributed by atoms with Crippen LogP contribution < -0.4 is 5.32 Å². The van der Waals surface area contributed by atoms with E-state index in [2.05, 4.69) is 155 Å². The van der Waals surface area contributed by atoms with Gasteiger partial charge in [-0.2, -0.15) is 0 Å². The van der Waals surface area contributed by atoms with Crippen LogP contribution in [0.3, 0.4) is 0 Å². The standard InChI is InChI=1S/C51H32N4O2/c1-3-13-31(14-4-1)33-17-11-18-34(29-33)50-52-49(32-15-5-2-6-16-32)53-51(54-50)35-25-26-39-45(30-35)56-44-24-12-22-41(46(39)44)55-40-21-9-7-20-38(40)47-42(55)28-27-37-36-19-8-10-23-43(36)57-48(37)47/h1-30,49H,(H,52,53,54). The summed E-state index contributed by atoms with van der Waals surface area (Å²) in [5, 5.41) is 10.2. The highest BCUT2D eigenvalue weighted by molar-refractivity contribution is 6.25. The van der Waals surface area contributed by atoms with Crippen molar-refractivity contribution in [2.24, 2.45) is 9.98 Å². The number of nitrogens with one attached hydrogen (secondary N) is 1. The Morgan fingerprint density at radius 2 is 1.18 bits per heavy atom. The van der Waals surface area contributed by atoms with Crippen LogP contribution in [-0.2, 0) is 0 Å². The SMILES string of the molecule is c1ccc(-c2cccc(C3=NC(c4ccccc4)NC(c4ccc5c(c4)oc4cccc(-n6c7ccccc7c7c8oc9ccccc9c8ccc76)c45)=N3)c2)cc1. The van der Waals surface area contributed by atoms with E-state index in [9.17, 15) is 0 Å². The molecular formula is C51H32N4O2. The van der Waals surface area contributed by atoms with E-state index in [0.717, 1.165) is 105 Å². The zero-order valence-electron chi connectivity index (χ0n) is 30.6. The number of aliphatic imine (C=N–C) groups is 2. The van der Waals surface area contributed by atoms with Crippen LogP contribution in [-0.4, -0.2) is 16.2 Å². The quantitative estimate of drug-likeness (QED) is 0.192. The second kappa shape index (κ2) is 12.4. The number of benzene rings is 8. The third kappa shape index (κ3) is 4.97. The van der Waals surface area contributed by atoms with Crippen molar-refractivity contribution in [1.82, 2.24) is 9.88 Å². The van der Waals surface area contributed by atoms with Gasteiger partial charge in [0.2, 0.25) is 0 Å². The smallest absolute Gasteiger partial charge is 0.159 e. The summed E-state index contributed by atoms with van der Waals surface area (Å²) < 4.78 is 15.6. The maximum atomic E-state index is 6.70. The van der Waals surface area contributed by atoms with E-state index in [1.807, 2.05) is 36.4 Å². The molecule has 11 aromatic rings. The highest BCUT2D eigenvalue weighted by Gasteiger charge is 2.24. The normalized spacial score (nSPS) is 14.5. The third-order valence-electron chi connectivity index (χ3n) is 11.3. The molecule has 0 radical (unpaired) electrons. The Hall–Kier alpha value is -7.70. The zero-order valence-corrected chi connectivity index (χ0v) is 30.6. The number of furan rings is 2. The van der Waals surface area contributed by atoms with Gasteiger partial charge in [0.1, 0.15) is 34.3 Å². The lowest BCUT2D eigenvalue weighted by molar-refractivity contribution is 0.666. The zero-order chi connectivity index (χ0) is 37.5. The van der Waals surface area contributed by atoms with E-state index in [1.165, 1.54) is 0 Å². The fraction of sp³-hybridized carbons (Fsp3) is 0.0196. The minimum absolute atomic E-state index is 0.319. The van der Waals surface area contributed by atoms with E-state index in [0.29, 0.717) is 5.84 Å². The average molecular weight is 733 g/mol. The first-order chi connectivity index (χ1) is 28.2. The number of fused-ring (bicyclic) bond motifs is 10. The van der Waals surface area contributed by atoms with Crippen molar-refractivity contribution in [3.05, 3.63) is 199 Å². The highest BCUT2D eigenvalue weighted by atomic mass is 16.3. The number of aromatic nitrogens is 1. The molecule has 0 fully saturated rings. The molecule has 1 aliphatic rings. The Kier molecular flexibility index (Phi) is 6.89. The topological polar surface area (TPSA) is 68.0 Å². The molecule has 6 heteroatoms. The summed E-state index contributed by atoms with van der Waals surface area (Å²) in [6.07, 6.45) is -0.319. The van der Waals surface area contributed by atoms with E-state index in [4.69, 9.17) is 18.8 Å². The van der Waals surface area contributed by atoms with E-state index < -0.39 is 0 Å². The molecule has 1 unspecified atom stereocenters. The minimum atomic E-state index is -0.319. The predicted molar refractivity (Wildman–Crippen MR) is 233 cm³/mol. The Balaban J connectivity index is 1.01. The number of hydrogen-bond acceptors (Lipinski definition) is 5. The van der Waals surface area contributed by atoms with Crippen LogP contribution in [0.2, 0.25) is 0 Å². The van der Waals surface area contributed by atoms with Crippen LogP contribution in [0, 0.1) is 0 Å². The molecule has 1 N–H and O–H groups in total. The number of hydrogen-bond donors (Lipinski definition) is 1. The van der Waals surface area contributed by atoms with Crippen molar-refractivity contribution in [2.45, 2.75) is 6.17 Å². The van der Waals surface area contributed by atoms with Gasteiger partial charge in [-0.25, -0.2) is 9.98 Å². The van der Waals surface area contributed by atoms with Gasteiger partial charge < -0.3 is 18.7 Å². The predicted octanol–water partition coefficient (Wildman–Crippen LogP) is 12.7. The first kappa shape index (κ1) is 31.6. The van der Waals surface area contributed by atoms with Gasteiger partial charge in [-0.05, 0) is 71.3 Å². The minimum Gasteiger partial charge on any atom is -0.456 e. The van der Waals surface area contributed by atoms with Gasteiger partial charge in [0.05, 0.1) is 27.5 Å². The first-order valence-electron chi connectivity index (χ1n) is 19.2. The summed E-state index contributed by atoms with van der Waals surface area (Å²) in [7, 11) is 0. The van der Waals surface area contributed by atoms with Gasteiger partial charge in [-0.15, -0.1) is 0 Å². The lowest BCUT2D eigenvalue weighted by Crippen LogP contribution is -2.33. The van der Waals surface area contributed by atoms with Crippen LogP contribution in [0.15, 0.2) is 201 Å². The molecule has 0 saturated heterocycles. The summed E-state index contributed by atoms with van der Waals surface area (Å²) in [4.78, 5) is 10.3. The maximum Gasteiger partial charge on any atom is 0.159 e. The summed E-state index contributed by atoms with van der Waals surface area (Å²) in [5.41, 5.74) is 11.8. The first-order valence-corrected chi connectivity index (χ1v) is 19.2. The van der Waals surface area contributed by atoms with Crippen molar-refractivity contribution in [3.63, 3.8) is 0 Å². The molecule has 1 aliphatic heterocycles. The molecule has 0 bridgehead atoms. The lowest BCUT2D eigenvalue weighted by Gasteiger charge is -2.23. The molecule has 0 aliphatic carbocycles. The maximum absolute atomic E-state index is 6.70. The molecule has 6 nitrogen and oxygen atoms in total. The molecule has 3 aromatic heterocycles. The second-order valence-corrected chi connectivity index (χ2v) is 14.6. The Morgan fingerprint density at radius 1 is 0.456 bits per heavy atom. The van der Waals surface area contributed by atoms with Crippen molar-refractivity contribution in [3.8, 4) is 16.8 Å². The Morgan fingerprint density at radius 3 is 2.07 bits per heavy atom. The molecule has 0 spiro atoms. The number of rotatable bonds is 5. The molecule has 1 atom stereocenters. The van der Waals surface area contributed by atoms with Crippen LogP contribution >= 0.6 is 0 Å². The van der Waals surface area contributed by atoms with Gasteiger partial charge in [-0.3, -0.25) is 0 Å². The molecular weight excluding hydrogens is 701 g/mol. The van der Waals surface area contributed by atoms with Gasteiger partial charge in [0, 0.05) is 32.7 Å². The summed E-state index contributed by atoms with van der Waals surface area (Å²) in [5.74, 6) is 1.41.